The number of aryl methyl sites for hydroxylation is 1. The zero-order chi connectivity index (χ0) is 19.7. The molecule has 0 saturated carbocycles. The summed E-state index contributed by atoms with van der Waals surface area (Å²) in [5, 5.41) is 5.84. The molecule has 7 heteroatoms. The van der Waals surface area contributed by atoms with E-state index in [0.717, 1.165) is 30.5 Å². The van der Waals surface area contributed by atoms with Crippen molar-refractivity contribution in [3.05, 3.63) is 29.8 Å². The number of hydrogen-bond donors (Lipinski definition) is 2. The Bertz CT molecular complexity index is 781. The van der Waals surface area contributed by atoms with E-state index in [2.05, 4.69) is 10.6 Å². The third-order valence-corrected chi connectivity index (χ3v) is 6.18. The van der Waals surface area contributed by atoms with Gasteiger partial charge in [-0.05, 0) is 50.3 Å². The smallest absolute Gasteiger partial charge is 0.318 e. The number of nitrogens with zero attached hydrogens (tertiary/aromatic N) is 2. The SMILES string of the molecule is Cc1cccc(N2CCC(NC(=O)N3CCCCC3C3CNC(=O)C3)C2=O)c1. The third-order valence-electron chi connectivity index (χ3n) is 6.18. The fourth-order valence-electron chi connectivity index (χ4n) is 4.70. The number of nitrogens with one attached hydrogen (secondary N) is 2. The van der Waals surface area contributed by atoms with E-state index < -0.39 is 6.04 Å². The molecule has 0 bridgehead atoms. The number of anilines is 1. The van der Waals surface area contributed by atoms with Gasteiger partial charge < -0.3 is 20.4 Å². The Labute approximate surface area is 165 Å². The molecule has 3 aliphatic rings. The van der Waals surface area contributed by atoms with Crippen molar-refractivity contribution in [3.8, 4) is 0 Å². The first-order chi connectivity index (χ1) is 13.5. The van der Waals surface area contributed by atoms with Crippen LogP contribution in [0, 0.1) is 12.8 Å². The predicted octanol–water partition coefficient (Wildman–Crippen LogP) is 1.80. The van der Waals surface area contributed by atoms with Crippen LogP contribution in [0.4, 0.5) is 10.5 Å². The Morgan fingerprint density at radius 1 is 1.18 bits per heavy atom. The van der Waals surface area contributed by atoms with Gasteiger partial charge in [0, 0.05) is 43.7 Å². The molecule has 7 nitrogen and oxygen atoms in total. The van der Waals surface area contributed by atoms with Crippen LogP contribution >= 0.6 is 0 Å². The number of piperidine rings is 1. The first-order valence-electron chi connectivity index (χ1n) is 10.2. The average molecular weight is 384 g/mol. The zero-order valence-electron chi connectivity index (χ0n) is 16.3. The second-order valence-electron chi connectivity index (χ2n) is 8.14. The molecule has 0 radical (unpaired) electrons. The summed E-state index contributed by atoms with van der Waals surface area (Å²) in [6.07, 6.45) is 4.05. The minimum absolute atomic E-state index is 0.0507. The minimum Gasteiger partial charge on any atom is -0.356 e. The summed E-state index contributed by atoms with van der Waals surface area (Å²) >= 11 is 0. The Hall–Kier alpha value is -2.57. The summed E-state index contributed by atoms with van der Waals surface area (Å²) < 4.78 is 0. The van der Waals surface area contributed by atoms with Crippen molar-refractivity contribution in [2.75, 3.05) is 24.5 Å². The molecule has 3 aliphatic heterocycles. The molecule has 0 aliphatic carbocycles. The predicted molar refractivity (Wildman–Crippen MR) is 106 cm³/mol. The molecule has 2 N–H and O–H groups in total. The lowest BCUT2D eigenvalue weighted by Crippen LogP contribution is -2.55. The molecular weight excluding hydrogens is 356 g/mol. The molecule has 0 spiro atoms. The Morgan fingerprint density at radius 2 is 2.04 bits per heavy atom. The number of amides is 4. The van der Waals surface area contributed by atoms with Crippen LogP contribution in [0.5, 0.6) is 0 Å². The van der Waals surface area contributed by atoms with Crippen LogP contribution in [-0.4, -0.2) is 54.5 Å². The number of rotatable bonds is 3. The van der Waals surface area contributed by atoms with Crippen molar-refractivity contribution < 1.29 is 14.4 Å². The van der Waals surface area contributed by atoms with E-state index in [1.54, 1.807) is 4.90 Å². The largest absolute Gasteiger partial charge is 0.356 e. The lowest BCUT2D eigenvalue weighted by Gasteiger charge is -2.39. The van der Waals surface area contributed by atoms with Crippen molar-refractivity contribution in [1.29, 1.82) is 0 Å². The summed E-state index contributed by atoms with van der Waals surface area (Å²) in [6.45, 7) is 3.93. The van der Waals surface area contributed by atoms with Gasteiger partial charge in [-0.2, -0.15) is 0 Å². The molecule has 4 amide bonds. The highest BCUT2D eigenvalue weighted by Gasteiger charge is 2.39. The van der Waals surface area contributed by atoms with Crippen molar-refractivity contribution in [1.82, 2.24) is 15.5 Å². The Kier molecular flexibility index (Phi) is 5.24. The maximum atomic E-state index is 13.0. The van der Waals surface area contributed by atoms with Gasteiger partial charge in [0.2, 0.25) is 11.8 Å². The Balaban J connectivity index is 1.41. The van der Waals surface area contributed by atoms with Crippen LogP contribution in [-0.2, 0) is 9.59 Å². The molecule has 3 heterocycles. The van der Waals surface area contributed by atoms with Gasteiger partial charge in [-0.15, -0.1) is 0 Å². The topological polar surface area (TPSA) is 81.8 Å². The van der Waals surface area contributed by atoms with Crippen LogP contribution in [0.1, 0.15) is 37.7 Å². The molecule has 28 heavy (non-hydrogen) atoms. The number of likely N-dealkylation sites (tertiary alicyclic amines) is 1. The molecule has 4 rings (SSSR count). The maximum Gasteiger partial charge on any atom is 0.318 e. The van der Waals surface area contributed by atoms with E-state index in [9.17, 15) is 14.4 Å². The minimum atomic E-state index is -0.487. The molecule has 3 atom stereocenters. The van der Waals surface area contributed by atoms with Crippen LogP contribution in [0.2, 0.25) is 0 Å². The fraction of sp³-hybridized carbons (Fsp3) is 0.571. The van der Waals surface area contributed by atoms with E-state index in [1.165, 1.54) is 0 Å². The number of urea groups is 1. The van der Waals surface area contributed by atoms with E-state index in [1.807, 2.05) is 36.1 Å². The number of benzene rings is 1. The standard InChI is InChI=1S/C21H28N4O3/c1-14-5-4-6-16(11-14)24-10-8-17(20(24)27)23-21(28)25-9-3-2-7-18(25)15-12-19(26)22-13-15/h4-6,11,15,17-18H,2-3,7-10,12-13H2,1H3,(H,22,26)(H,23,28). The van der Waals surface area contributed by atoms with E-state index in [-0.39, 0.29) is 29.8 Å². The van der Waals surface area contributed by atoms with Gasteiger partial charge in [0.05, 0.1) is 0 Å². The van der Waals surface area contributed by atoms with Gasteiger partial charge in [0.25, 0.3) is 0 Å². The fourth-order valence-corrected chi connectivity index (χ4v) is 4.70. The zero-order valence-corrected chi connectivity index (χ0v) is 16.3. The van der Waals surface area contributed by atoms with Crippen LogP contribution in [0.3, 0.4) is 0 Å². The number of carbonyl (C=O) groups is 3. The van der Waals surface area contributed by atoms with Crippen LogP contribution < -0.4 is 15.5 Å². The summed E-state index contributed by atoms with van der Waals surface area (Å²) in [4.78, 5) is 41.1. The van der Waals surface area contributed by atoms with Gasteiger partial charge in [0.1, 0.15) is 6.04 Å². The highest BCUT2D eigenvalue weighted by Crippen LogP contribution is 2.28. The second kappa shape index (κ2) is 7.81. The molecule has 150 valence electrons. The van der Waals surface area contributed by atoms with Crippen molar-refractivity contribution >= 4 is 23.5 Å². The van der Waals surface area contributed by atoms with Crippen molar-refractivity contribution in [3.63, 3.8) is 0 Å². The van der Waals surface area contributed by atoms with E-state index in [4.69, 9.17) is 0 Å². The maximum absolute atomic E-state index is 13.0. The van der Waals surface area contributed by atoms with Gasteiger partial charge in [-0.1, -0.05) is 12.1 Å². The normalized spacial score (nSPS) is 27.8. The van der Waals surface area contributed by atoms with Gasteiger partial charge in [-0.25, -0.2) is 4.79 Å². The van der Waals surface area contributed by atoms with Gasteiger partial charge in [0.15, 0.2) is 0 Å². The summed E-state index contributed by atoms with van der Waals surface area (Å²) in [6, 6.07) is 7.28. The van der Waals surface area contributed by atoms with E-state index >= 15 is 0 Å². The first kappa shape index (κ1) is 18.8. The summed E-state index contributed by atoms with van der Waals surface area (Å²) in [5.41, 5.74) is 1.99. The van der Waals surface area contributed by atoms with Crippen molar-refractivity contribution in [2.45, 2.75) is 51.1 Å². The van der Waals surface area contributed by atoms with Gasteiger partial charge in [-0.3, -0.25) is 9.59 Å². The molecule has 3 unspecified atom stereocenters. The summed E-state index contributed by atoms with van der Waals surface area (Å²) in [5.74, 6) is 0.183. The van der Waals surface area contributed by atoms with Crippen LogP contribution in [0.25, 0.3) is 0 Å². The first-order valence-corrected chi connectivity index (χ1v) is 10.2. The van der Waals surface area contributed by atoms with Crippen LogP contribution in [0.15, 0.2) is 24.3 Å². The van der Waals surface area contributed by atoms with Gasteiger partial charge >= 0.3 is 6.03 Å². The van der Waals surface area contributed by atoms with E-state index in [0.29, 0.717) is 32.5 Å². The Morgan fingerprint density at radius 3 is 2.79 bits per heavy atom. The quantitative estimate of drug-likeness (QED) is 0.834. The monoisotopic (exact) mass is 384 g/mol. The molecule has 1 aromatic carbocycles. The second-order valence-corrected chi connectivity index (χ2v) is 8.14. The highest BCUT2D eigenvalue weighted by molar-refractivity contribution is 6.01. The molecular formula is C21H28N4O3. The molecule has 1 aromatic rings. The number of hydrogen-bond acceptors (Lipinski definition) is 3. The molecule has 3 fully saturated rings. The molecule has 3 saturated heterocycles. The summed E-state index contributed by atoms with van der Waals surface area (Å²) in [7, 11) is 0. The third kappa shape index (κ3) is 3.70. The number of carbonyl (C=O) groups excluding carboxylic acids is 3. The molecule has 0 aromatic heterocycles. The van der Waals surface area contributed by atoms with Crippen molar-refractivity contribution in [2.24, 2.45) is 5.92 Å². The lowest BCUT2D eigenvalue weighted by atomic mass is 9.89. The highest BCUT2D eigenvalue weighted by atomic mass is 16.2. The lowest BCUT2D eigenvalue weighted by molar-refractivity contribution is -0.119. The average Bonchev–Trinajstić information content (AvgIpc) is 3.28.